The minimum atomic E-state index is -0.327. The third-order valence-electron chi connectivity index (χ3n) is 2.32. The van der Waals surface area contributed by atoms with E-state index in [1.54, 1.807) is 13.0 Å². The van der Waals surface area contributed by atoms with Gasteiger partial charge in [0.2, 0.25) is 5.91 Å². The average Bonchev–Trinajstić information content (AvgIpc) is 3.01. The van der Waals surface area contributed by atoms with E-state index in [-0.39, 0.29) is 11.9 Å². The first-order chi connectivity index (χ1) is 7.65. The van der Waals surface area contributed by atoms with Gasteiger partial charge < -0.3 is 10.6 Å². The Morgan fingerprint density at radius 3 is 2.94 bits per heavy atom. The molecule has 2 rings (SSSR count). The summed E-state index contributed by atoms with van der Waals surface area (Å²) in [6.07, 6.45) is 3.52. The van der Waals surface area contributed by atoms with Gasteiger partial charge in [0.25, 0.3) is 0 Å². The Labute approximate surface area is 98.6 Å². The lowest BCUT2D eigenvalue weighted by molar-refractivity contribution is -0.121. The number of nitrogens with one attached hydrogen (secondary N) is 2. The first kappa shape index (κ1) is 11.1. The van der Waals surface area contributed by atoms with Gasteiger partial charge in [-0.1, -0.05) is 11.6 Å². The maximum absolute atomic E-state index is 11.6. The van der Waals surface area contributed by atoms with Crippen molar-refractivity contribution in [1.29, 1.82) is 0 Å². The van der Waals surface area contributed by atoms with Crippen LogP contribution in [0.25, 0.3) is 0 Å². The van der Waals surface area contributed by atoms with E-state index in [9.17, 15) is 4.79 Å². The second-order valence-electron chi connectivity index (χ2n) is 3.87. The van der Waals surface area contributed by atoms with Crippen LogP contribution in [0.2, 0.25) is 5.15 Å². The van der Waals surface area contributed by atoms with Crippen LogP contribution in [0.3, 0.4) is 0 Å². The molecule has 0 saturated heterocycles. The summed E-state index contributed by atoms with van der Waals surface area (Å²) < 4.78 is 0. The van der Waals surface area contributed by atoms with Gasteiger partial charge in [-0.05, 0) is 19.8 Å². The molecule has 1 heterocycles. The van der Waals surface area contributed by atoms with Gasteiger partial charge in [-0.25, -0.2) is 9.97 Å². The maximum Gasteiger partial charge on any atom is 0.242 e. The zero-order chi connectivity index (χ0) is 11.5. The number of carbonyl (C=O) groups excluding carboxylic acids is 1. The fourth-order valence-electron chi connectivity index (χ4n) is 1.25. The maximum atomic E-state index is 11.6. The van der Waals surface area contributed by atoms with Gasteiger partial charge in [-0.15, -0.1) is 0 Å². The van der Waals surface area contributed by atoms with Crippen molar-refractivity contribution in [3.63, 3.8) is 0 Å². The fourth-order valence-corrected chi connectivity index (χ4v) is 1.40. The van der Waals surface area contributed by atoms with E-state index in [2.05, 4.69) is 20.6 Å². The molecule has 1 aromatic heterocycles. The number of hydrogen-bond donors (Lipinski definition) is 2. The van der Waals surface area contributed by atoms with Crippen molar-refractivity contribution in [3.8, 4) is 0 Å². The van der Waals surface area contributed by atoms with E-state index in [0.717, 1.165) is 12.8 Å². The summed E-state index contributed by atoms with van der Waals surface area (Å²) >= 11 is 5.71. The molecule has 0 bridgehead atoms. The Bertz CT molecular complexity index is 394. The quantitative estimate of drug-likeness (QED) is 0.777. The number of hydrogen-bond acceptors (Lipinski definition) is 4. The molecule has 1 fully saturated rings. The van der Waals surface area contributed by atoms with Crippen LogP contribution in [0.4, 0.5) is 5.82 Å². The molecule has 5 nitrogen and oxygen atoms in total. The van der Waals surface area contributed by atoms with E-state index < -0.39 is 0 Å². The number of amides is 1. The molecule has 6 heteroatoms. The van der Waals surface area contributed by atoms with Gasteiger partial charge in [0.15, 0.2) is 0 Å². The van der Waals surface area contributed by atoms with E-state index >= 15 is 0 Å². The second-order valence-corrected chi connectivity index (χ2v) is 4.26. The predicted molar refractivity (Wildman–Crippen MR) is 61.3 cm³/mol. The van der Waals surface area contributed by atoms with Crippen LogP contribution in [0.5, 0.6) is 0 Å². The Kier molecular flexibility index (Phi) is 3.24. The third-order valence-corrected chi connectivity index (χ3v) is 2.52. The topological polar surface area (TPSA) is 66.9 Å². The van der Waals surface area contributed by atoms with Gasteiger partial charge >= 0.3 is 0 Å². The highest BCUT2D eigenvalue weighted by Crippen LogP contribution is 2.19. The molecular weight excluding hydrogens is 228 g/mol. The van der Waals surface area contributed by atoms with Crippen molar-refractivity contribution in [3.05, 3.63) is 17.5 Å². The highest BCUT2D eigenvalue weighted by atomic mass is 35.5. The van der Waals surface area contributed by atoms with Crippen LogP contribution in [0, 0.1) is 0 Å². The third kappa shape index (κ3) is 3.06. The first-order valence-electron chi connectivity index (χ1n) is 5.19. The fraction of sp³-hybridized carbons (Fsp3) is 0.500. The lowest BCUT2D eigenvalue weighted by Gasteiger charge is -2.13. The van der Waals surface area contributed by atoms with Gasteiger partial charge in [0.1, 0.15) is 23.3 Å². The molecule has 2 N–H and O–H groups in total. The van der Waals surface area contributed by atoms with E-state index in [1.165, 1.54) is 6.33 Å². The van der Waals surface area contributed by atoms with Crippen molar-refractivity contribution < 1.29 is 4.79 Å². The average molecular weight is 241 g/mol. The minimum absolute atomic E-state index is 0.0164. The molecule has 1 atom stereocenters. The second kappa shape index (κ2) is 4.65. The van der Waals surface area contributed by atoms with Crippen molar-refractivity contribution in [2.24, 2.45) is 0 Å². The van der Waals surface area contributed by atoms with Crippen molar-refractivity contribution in [2.75, 3.05) is 5.32 Å². The zero-order valence-electron chi connectivity index (χ0n) is 8.90. The molecular formula is C10H13ClN4O. The van der Waals surface area contributed by atoms with Crippen molar-refractivity contribution in [2.45, 2.75) is 31.8 Å². The van der Waals surface area contributed by atoms with Crippen molar-refractivity contribution in [1.82, 2.24) is 15.3 Å². The summed E-state index contributed by atoms with van der Waals surface area (Å²) in [7, 11) is 0. The molecule has 0 aliphatic heterocycles. The first-order valence-corrected chi connectivity index (χ1v) is 5.57. The molecule has 86 valence electrons. The molecule has 0 radical (unpaired) electrons. The molecule has 1 aliphatic carbocycles. The number of aromatic nitrogens is 2. The molecule has 1 aromatic rings. The summed E-state index contributed by atoms with van der Waals surface area (Å²) in [6.45, 7) is 1.79. The standard InChI is InChI=1S/C10H13ClN4O/c1-6(10(16)15-7-2-3-7)14-9-4-8(11)12-5-13-9/h4-7H,2-3H2,1H3,(H,15,16)(H,12,13,14). The number of anilines is 1. The Morgan fingerprint density at radius 2 is 2.31 bits per heavy atom. The highest BCUT2D eigenvalue weighted by molar-refractivity contribution is 6.29. The summed E-state index contributed by atoms with van der Waals surface area (Å²) in [6, 6.07) is 1.62. The summed E-state index contributed by atoms with van der Waals surface area (Å²) in [5, 5.41) is 6.23. The van der Waals surface area contributed by atoms with Crippen molar-refractivity contribution >= 4 is 23.3 Å². The number of nitrogens with zero attached hydrogens (tertiary/aromatic N) is 2. The molecule has 1 aliphatic rings. The lowest BCUT2D eigenvalue weighted by Crippen LogP contribution is -2.38. The molecule has 1 saturated carbocycles. The van der Waals surface area contributed by atoms with Gasteiger partial charge in [0.05, 0.1) is 0 Å². The SMILES string of the molecule is CC(Nc1cc(Cl)ncn1)C(=O)NC1CC1. The summed E-state index contributed by atoms with van der Waals surface area (Å²) in [5.41, 5.74) is 0. The van der Waals surface area contributed by atoms with Crippen LogP contribution in [0.15, 0.2) is 12.4 Å². The van der Waals surface area contributed by atoms with E-state index in [0.29, 0.717) is 17.0 Å². The molecule has 0 aromatic carbocycles. The molecule has 1 unspecified atom stereocenters. The van der Waals surface area contributed by atoms with Crippen LogP contribution < -0.4 is 10.6 Å². The number of rotatable bonds is 4. The largest absolute Gasteiger partial charge is 0.358 e. The Morgan fingerprint density at radius 1 is 1.56 bits per heavy atom. The van der Waals surface area contributed by atoms with Crippen LogP contribution >= 0.6 is 11.6 Å². The zero-order valence-corrected chi connectivity index (χ0v) is 9.66. The highest BCUT2D eigenvalue weighted by Gasteiger charge is 2.25. The van der Waals surface area contributed by atoms with Crippen LogP contribution in [-0.2, 0) is 4.79 Å². The number of carbonyl (C=O) groups is 1. The van der Waals surface area contributed by atoms with E-state index in [1.807, 2.05) is 0 Å². The number of halogens is 1. The molecule has 0 spiro atoms. The molecule has 16 heavy (non-hydrogen) atoms. The van der Waals surface area contributed by atoms with Crippen LogP contribution in [0.1, 0.15) is 19.8 Å². The van der Waals surface area contributed by atoms with Crippen LogP contribution in [-0.4, -0.2) is 28.0 Å². The normalized spacial score (nSPS) is 16.6. The van der Waals surface area contributed by atoms with Gasteiger partial charge in [-0.2, -0.15) is 0 Å². The Balaban J connectivity index is 1.90. The summed E-state index contributed by atoms with van der Waals surface area (Å²) in [4.78, 5) is 19.4. The Hall–Kier alpha value is -1.36. The molecule has 1 amide bonds. The smallest absolute Gasteiger partial charge is 0.242 e. The van der Waals surface area contributed by atoms with Gasteiger partial charge in [-0.3, -0.25) is 4.79 Å². The van der Waals surface area contributed by atoms with Gasteiger partial charge in [0, 0.05) is 12.1 Å². The summed E-state index contributed by atoms with van der Waals surface area (Å²) in [5.74, 6) is 0.538. The monoisotopic (exact) mass is 240 g/mol. The minimum Gasteiger partial charge on any atom is -0.358 e. The lowest BCUT2D eigenvalue weighted by atomic mass is 10.3. The predicted octanol–water partition coefficient (Wildman–Crippen LogP) is 1.21. The van der Waals surface area contributed by atoms with E-state index in [4.69, 9.17) is 11.6 Å².